The zero-order valence-corrected chi connectivity index (χ0v) is 18.0. The van der Waals surface area contributed by atoms with Crippen molar-refractivity contribution >= 4 is 5.96 Å². The average molecular weight is 388 g/mol. The average Bonchev–Trinajstić information content (AvgIpc) is 3.02. The fourth-order valence-corrected chi connectivity index (χ4v) is 3.15. The molecular formula is C21H33N5O2. The molecule has 7 heteroatoms. The van der Waals surface area contributed by atoms with E-state index in [1.54, 1.807) is 14.2 Å². The SMILES string of the molecule is CN=C(NCCCn1nc(C)cc1C)N(C)CCc1ccc(OC)c(OC)c1. The lowest BCUT2D eigenvalue weighted by Gasteiger charge is -2.22. The van der Waals surface area contributed by atoms with Crippen molar-refractivity contribution in [3.63, 3.8) is 0 Å². The lowest BCUT2D eigenvalue weighted by molar-refractivity contribution is 0.354. The van der Waals surface area contributed by atoms with Gasteiger partial charge in [-0.3, -0.25) is 9.67 Å². The molecule has 1 N–H and O–H groups in total. The Morgan fingerprint density at radius 3 is 2.54 bits per heavy atom. The molecule has 1 aromatic carbocycles. The van der Waals surface area contributed by atoms with Crippen molar-refractivity contribution in [1.29, 1.82) is 0 Å². The highest BCUT2D eigenvalue weighted by molar-refractivity contribution is 5.79. The topological polar surface area (TPSA) is 63.9 Å². The maximum Gasteiger partial charge on any atom is 0.193 e. The molecule has 0 unspecified atom stereocenters. The van der Waals surface area contributed by atoms with Crippen LogP contribution >= 0.6 is 0 Å². The maximum absolute atomic E-state index is 5.38. The molecular weight excluding hydrogens is 354 g/mol. The van der Waals surface area contributed by atoms with E-state index in [0.29, 0.717) is 0 Å². The first-order chi connectivity index (χ1) is 13.5. The van der Waals surface area contributed by atoms with Crippen molar-refractivity contribution in [3.8, 4) is 11.5 Å². The van der Waals surface area contributed by atoms with E-state index in [0.717, 1.165) is 55.6 Å². The van der Waals surface area contributed by atoms with Crippen molar-refractivity contribution in [2.24, 2.45) is 4.99 Å². The number of aryl methyl sites for hydroxylation is 3. The predicted octanol–water partition coefficient (Wildman–Crippen LogP) is 2.66. The number of aliphatic imine (C=N–C) groups is 1. The number of aromatic nitrogens is 2. The number of benzene rings is 1. The van der Waals surface area contributed by atoms with Gasteiger partial charge in [0.05, 0.1) is 19.9 Å². The Labute approximate surface area is 168 Å². The molecule has 2 aromatic rings. The summed E-state index contributed by atoms with van der Waals surface area (Å²) in [6, 6.07) is 8.14. The summed E-state index contributed by atoms with van der Waals surface area (Å²) in [5, 5.41) is 7.93. The second-order valence-corrected chi connectivity index (χ2v) is 6.84. The van der Waals surface area contributed by atoms with Crippen LogP contribution in [-0.2, 0) is 13.0 Å². The summed E-state index contributed by atoms with van der Waals surface area (Å²) in [4.78, 5) is 6.53. The molecule has 0 bridgehead atoms. The molecule has 0 radical (unpaired) electrons. The minimum absolute atomic E-state index is 0.750. The maximum atomic E-state index is 5.38. The molecule has 2 rings (SSSR count). The zero-order valence-electron chi connectivity index (χ0n) is 18.0. The van der Waals surface area contributed by atoms with Gasteiger partial charge in [0.25, 0.3) is 0 Å². The first kappa shape index (κ1) is 21.6. The number of nitrogens with zero attached hydrogens (tertiary/aromatic N) is 4. The number of hydrogen-bond acceptors (Lipinski definition) is 4. The van der Waals surface area contributed by atoms with E-state index in [2.05, 4.69) is 51.1 Å². The van der Waals surface area contributed by atoms with Crippen molar-refractivity contribution in [3.05, 3.63) is 41.2 Å². The van der Waals surface area contributed by atoms with Crippen molar-refractivity contribution in [2.45, 2.75) is 33.2 Å². The summed E-state index contributed by atoms with van der Waals surface area (Å²) >= 11 is 0. The van der Waals surface area contributed by atoms with Gasteiger partial charge in [0.2, 0.25) is 0 Å². The van der Waals surface area contributed by atoms with E-state index in [4.69, 9.17) is 9.47 Å². The van der Waals surface area contributed by atoms with Crippen LogP contribution in [0.5, 0.6) is 11.5 Å². The first-order valence-electron chi connectivity index (χ1n) is 9.62. The fourth-order valence-electron chi connectivity index (χ4n) is 3.15. The van der Waals surface area contributed by atoms with E-state index in [-0.39, 0.29) is 0 Å². The van der Waals surface area contributed by atoms with Gasteiger partial charge in [0.1, 0.15) is 0 Å². The summed E-state index contributed by atoms with van der Waals surface area (Å²) in [7, 11) is 7.18. The predicted molar refractivity (Wildman–Crippen MR) is 114 cm³/mol. The van der Waals surface area contributed by atoms with E-state index in [1.807, 2.05) is 26.1 Å². The van der Waals surface area contributed by atoms with Crippen LogP contribution in [-0.4, -0.2) is 62.0 Å². The van der Waals surface area contributed by atoms with Gasteiger partial charge in [0.15, 0.2) is 17.5 Å². The summed E-state index contributed by atoms with van der Waals surface area (Å²) in [5.41, 5.74) is 3.47. The van der Waals surface area contributed by atoms with Gasteiger partial charge in [-0.25, -0.2) is 0 Å². The summed E-state index contributed by atoms with van der Waals surface area (Å²) in [6.45, 7) is 6.72. The van der Waals surface area contributed by atoms with Gasteiger partial charge < -0.3 is 19.7 Å². The van der Waals surface area contributed by atoms with E-state index in [9.17, 15) is 0 Å². The Hall–Kier alpha value is -2.70. The van der Waals surface area contributed by atoms with Crippen LogP contribution in [0.25, 0.3) is 0 Å². The van der Waals surface area contributed by atoms with Gasteiger partial charge in [-0.05, 0) is 50.5 Å². The van der Waals surface area contributed by atoms with Crippen LogP contribution < -0.4 is 14.8 Å². The summed E-state index contributed by atoms with van der Waals surface area (Å²) in [6.07, 6.45) is 1.88. The van der Waals surface area contributed by atoms with Gasteiger partial charge >= 0.3 is 0 Å². The minimum Gasteiger partial charge on any atom is -0.493 e. The molecule has 7 nitrogen and oxygen atoms in total. The molecule has 0 fully saturated rings. The summed E-state index contributed by atoms with van der Waals surface area (Å²) < 4.78 is 12.7. The second-order valence-electron chi connectivity index (χ2n) is 6.84. The molecule has 28 heavy (non-hydrogen) atoms. The fraction of sp³-hybridized carbons (Fsp3) is 0.524. The van der Waals surface area contributed by atoms with Crippen LogP contribution in [0.1, 0.15) is 23.4 Å². The Morgan fingerprint density at radius 1 is 1.18 bits per heavy atom. The van der Waals surface area contributed by atoms with E-state index < -0.39 is 0 Å². The number of nitrogens with one attached hydrogen (secondary N) is 1. The van der Waals surface area contributed by atoms with Crippen molar-refractivity contribution in [1.82, 2.24) is 20.0 Å². The third-order valence-electron chi connectivity index (χ3n) is 4.69. The Balaban J connectivity index is 1.79. The minimum atomic E-state index is 0.750. The number of guanidine groups is 1. The third-order valence-corrected chi connectivity index (χ3v) is 4.69. The molecule has 0 amide bonds. The number of methoxy groups -OCH3 is 2. The van der Waals surface area contributed by atoms with Crippen LogP contribution in [0.4, 0.5) is 0 Å². The Kier molecular flexibility index (Phi) is 8.17. The lowest BCUT2D eigenvalue weighted by atomic mass is 10.1. The number of ether oxygens (including phenoxy) is 2. The third kappa shape index (κ3) is 5.90. The highest BCUT2D eigenvalue weighted by atomic mass is 16.5. The normalized spacial score (nSPS) is 11.4. The highest BCUT2D eigenvalue weighted by Gasteiger charge is 2.08. The van der Waals surface area contributed by atoms with Crippen molar-refractivity contribution < 1.29 is 9.47 Å². The molecule has 0 atom stereocenters. The van der Waals surface area contributed by atoms with Gasteiger partial charge in [-0.2, -0.15) is 5.10 Å². The van der Waals surface area contributed by atoms with Crippen LogP contribution in [0, 0.1) is 13.8 Å². The number of hydrogen-bond donors (Lipinski definition) is 1. The van der Waals surface area contributed by atoms with Gasteiger partial charge in [-0.1, -0.05) is 6.07 Å². The first-order valence-corrected chi connectivity index (χ1v) is 9.62. The molecule has 0 aliphatic rings. The smallest absolute Gasteiger partial charge is 0.193 e. The lowest BCUT2D eigenvalue weighted by Crippen LogP contribution is -2.40. The molecule has 1 heterocycles. The van der Waals surface area contributed by atoms with Crippen LogP contribution in [0.2, 0.25) is 0 Å². The molecule has 1 aromatic heterocycles. The van der Waals surface area contributed by atoms with Crippen LogP contribution in [0.3, 0.4) is 0 Å². The van der Waals surface area contributed by atoms with Crippen LogP contribution in [0.15, 0.2) is 29.3 Å². The molecule has 0 aliphatic carbocycles. The zero-order chi connectivity index (χ0) is 20.5. The van der Waals surface area contributed by atoms with E-state index >= 15 is 0 Å². The van der Waals surface area contributed by atoms with Gasteiger partial charge in [0, 0.05) is 39.4 Å². The Morgan fingerprint density at radius 2 is 1.93 bits per heavy atom. The molecule has 0 saturated carbocycles. The number of rotatable bonds is 9. The van der Waals surface area contributed by atoms with Gasteiger partial charge in [-0.15, -0.1) is 0 Å². The largest absolute Gasteiger partial charge is 0.493 e. The summed E-state index contributed by atoms with van der Waals surface area (Å²) in [5.74, 6) is 2.41. The van der Waals surface area contributed by atoms with Crippen molar-refractivity contribution in [2.75, 3.05) is 41.4 Å². The molecule has 154 valence electrons. The standard InChI is InChI=1S/C21H33N5O2/c1-16-14-17(2)26(24-16)12-7-11-23-21(22-3)25(4)13-10-18-8-9-19(27-5)20(15-18)28-6/h8-9,14-15H,7,10-13H2,1-6H3,(H,22,23). The second kappa shape index (κ2) is 10.6. The monoisotopic (exact) mass is 387 g/mol. The number of likely N-dealkylation sites (N-methyl/N-ethyl adjacent to an activating group) is 1. The van der Waals surface area contributed by atoms with E-state index in [1.165, 1.54) is 11.3 Å². The quantitative estimate of drug-likeness (QED) is 0.407. The Bertz CT molecular complexity index is 785. The molecule has 0 aliphatic heterocycles. The highest BCUT2D eigenvalue weighted by Crippen LogP contribution is 2.27. The molecule has 0 spiro atoms. The molecule has 0 saturated heterocycles.